The van der Waals surface area contributed by atoms with Crippen LogP contribution in [0.2, 0.25) is 0 Å². The molecule has 3 heterocycles. The van der Waals surface area contributed by atoms with Crippen molar-refractivity contribution < 1.29 is 4.74 Å². The van der Waals surface area contributed by atoms with Crippen LogP contribution in [-0.2, 0) is 6.42 Å². The number of benzene rings is 2. The van der Waals surface area contributed by atoms with Gasteiger partial charge in [0, 0.05) is 49.4 Å². The van der Waals surface area contributed by atoms with E-state index in [-0.39, 0.29) is 0 Å². The normalized spacial score (nSPS) is 17.8. The minimum absolute atomic E-state index is 0.341. The number of rotatable bonds is 7. The van der Waals surface area contributed by atoms with Crippen LogP contribution in [0, 0.1) is 5.41 Å². The van der Waals surface area contributed by atoms with E-state index in [4.69, 9.17) is 10.5 Å². The molecule has 0 atom stereocenters. The van der Waals surface area contributed by atoms with E-state index in [9.17, 15) is 0 Å². The topological polar surface area (TPSA) is 70.4 Å². The highest BCUT2D eigenvalue weighted by Crippen LogP contribution is 2.44. The summed E-state index contributed by atoms with van der Waals surface area (Å²) in [7, 11) is 0. The summed E-state index contributed by atoms with van der Waals surface area (Å²) in [6.07, 6.45) is 8.22. The van der Waals surface area contributed by atoms with Gasteiger partial charge in [0.05, 0.1) is 17.6 Å². The number of fused-ring (bicyclic) bond motifs is 1. The molecule has 2 aromatic carbocycles. The SMILES string of the molecule is CCc1ccc(C2=C(CN3CCN(c4ccc(N)c(Oc5cnc6[nH]ccc6c5)c4)S3)CCC(C)(C)C2)cc1. The number of nitrogens with zero attached hydrogens (tertiary/aromatic N) is 3. The predicted molar refractivity (Wildman–Crippen MR) is 164 cm³/mol. The van der Waals surface area contributed by atoms with Gasteiger partial charge in [0.25, 0.3) is 0 Å². The molecule has 2 aromatic heterocycles. The number of nitrogen functional groups attached to an aromatic ring is 1. The van der Waals surface area contributed by atoms with Crippen molar-refractivity contribution in [2.75, 3.05) is 29.7 Å². The lowest BCUT2D eigenvalue weighted by Gasteiger charge is -2.34. The lowest BCUT2D eigenvalue weighted by molar-refractivity contribution is 0.326. The van der Waals surface area contributed by atoms with E-state index < -0.39 is 0 Å². The average Bonchev–Trinajstić information content (AvgIpc) is 3.60. The van der Waals surface area contributed by atoms with E-state index in [1.807, 2.05) is 30.5 Å². The predicted octanol–water partition coefficient (Wildman–Crippen LogP) is 7.85. The quantitative estimate of drug-likeness (QED) is 0.184. The Morgan fingerprint density at radius 1 is 1.08 bits per heavy atom. The maximum atomic E-state index is 6.30. The Bertz CT molecular complexity index is 1510. The fraction of sp³-hybridized carbons (Fsp3) is 0.344. The van der Waals surface area contributed by atoms with Crippen LogP contribution < -0.4 is 14.8 Å². The van der Waals surface area contributed by atoms with Crippen LogP contribution in [0.1, 0.15) is 51.2 Å². The van der Waals surface area contributed by atoms with Crippen LogP contribution in [0.3, 0.4) is 0 Å². The summed E-state index contributed by atoms with van der Waals surface area (Å²) in [4.78, 5) is 7.54. The van der Waals surface area contributed by atoms with Gasteiger partial charge in [-0.05, 0) is 72.1 Å². The first kappa shape index (κ1) is 25.8. The summed E-state index contributed by atoms with van der Waals surface area (Å²) in [6.45, 7) is 9.98. The molecule has 6 nitrogen and oxygen atoms in total. The van der Waals surface area contributed by atoms with Gasteiger partial charge < -0.3 is 19.8 Å². The maximum absolute atomic E-state index is 6.30. The third-order valence-electron chi connectivity index (χ3n) is 7.92. The number of H-pyrrole nitrogens is 1. The second-order valence-corrected chi connectivity index (χ2v) is 12.6. The molecule has 0 saturated carbocycles. The van der Waals surface area contributed by atoms with Crippen molar-refractivity contribution in [1.82, 2.24) is 14.3 Å². The van der Waals surface area contributed by atoms with Gasteiger partial charge in [-0.2, -0.15) is 0 Å². The van der Waals surface area contributed by atoms with Crippen molar-refractivity contribution in [3.63, 3.8) is 0 Å². The van der Waals surface area contributed by atoms with Crippen LogP contribution in [0.5, 0.6) is 11.5 Å². The molecule has 1 saturated heterocycles. The highest BCUT2D eigenvalue weighted by atomic mass is 32.2. The third-order valence-corrected chi connectivity index (χ3v) is 9.05. The number of anilines is 2. The first-order valence-corrected chi connectivity index (χ1v) is 14.6. The first-order valence-electron chi connectivity index (χ1n) is 13.9. The highest BCUT2D eigenvalue weighted by Gasteiger charge is 2.30. The molecule has 0 unspecified atom stereocenters. The Labute approximate surface area is 235 Å². The number of aryl methyl sites for hydroxylation is 1. The van der Waals surface area contributed by atoms with Crippen molar-refractivity contribution in [3.05, 3.63) is 83.7 Å². The summed E-state index contributed by atoms with van der Waals surface area (Å²) in [5.41, 5.74) is 15.1. The summed E-state index contributed by atoms with van der Waals surface area (Å²) in [5, 5.41) is 1.01. The average molecular weight is 540 g/mol. The summed E-state index contributed by atoms with van der Waals surface area (Å²) < 4.78 is 11.0. The Morgan fingerprint density at radius 2 is 1.92 bits per heavy atom. The molecule has 0 radical (unpaired) electrons. The summed E-state index contributed by atoms with van der Waals surface area (Å²) in [6, 6.07) is 19.3. The summed E-state index contributed by atoms with van der Waals surface area (Å²) >= 11 is 1.80. The Hall–Kier alpha value is -3.42. The van der Waals surface area contributed by atoms with Crippen LogP contribution in [0.25, 0.3) is 16.6 Å². The van der Waals surface area contributed by atoms with E-state index in [0.29, 0.717) is 22.6 Å². The summed E-state index contributed by atoms with van der Waals surface area (Å²) in [5.74, 6) is 1.33. The number of aromatic amines is 1. The molecule has 2 aliphatic rings. The van der Waals surface area contributed by atoms with Crippen molar-refractivity contribution in [3.8, 4) is 11.5 Å². The molecule has 0 spiro atoms. The lowest BCUT2D eigenvalue weighted by atomic mass is 9.72. The van der Waals surface area contributed by atoms with E-state index in [2.05, 4.69) is 69.7 Å². The Balaban J connectivity index is 1.18. The number of nitrogens with two attached hydrogens (primary N) is 1. The minimum atomic E-state index is 0.341. The van der Waals surface area contributed by atoms with Crippen molar-refractivity contribution >= 4 is 40.1 Å². The zero-order chi connectivity index (χ0) is 27.0. The first-order chi connectivity index (χ1) is 18.9. The molecule has 7 heteroatoms. The number of ether oxygens (including phenoxy) is 1. The smallest absolute Gasteiger partial charge is 0.152 e. The number of pyridine rings is 1. The van der Waals surface area contributed by atoms with Gasteiger partial charge in [0.15, 0.2) is 5.75 Å². The van der Waals surface area contributed by atoms with E-state index in [1.54, 1.807) is 29.5 Å². The number of hydrogen-bond acceptors (Lipinski definition) is 6. The van der Waals surface area contributed by atoms with Gasteiger partial charge in [-0.15, -0.1) is 0 Å². The van der Waals surface area contributed by atoms with Gasteiger partial charge in [-0.1, -0.05) is 50.6 Å². The maximum Gasteiger partial charge on any atom is 0.152 e. The van der Waals surface area contributed by atoms with Crippen LogP contribution >= 0.6 is 12.1 Å². The minimum Gasteiger partial charge on any atom is -0.453 e. The monoisotopic (exact) mass is 539 g/mol. The molecule has 0 amide bonds. The highest BCUT2D eigenvalue weighted by molar-refractivity contribution is 7.98. The molecular formula is C32H37N5OS. The second kappa shape index (κ2) is 10.6. The molecule has 1 aliphatic carbocycles. The molecular weight excluding hydrogens is 502 g/mol. The number of nitrogens with one attached hydrogen (secondary N) is 1. The zero-order valence-corrected chi connectivity index (χ0v) is 23.9. The zero-order valence-electron chi connectivity index (χ0n) is 23.0. The fourth-order valence-corrected chi connectivity index (χ4v) is 6.57. The largest absolute Gasteiger partial charge is 0.453 e. The van der Waals surface area contributed by atoms with Gasteiger partial charge in [-0.25, -0.2) is 9.29 Å². The van der Waals surface area contributed by atoms with Crippen LogP contribution in [0.4, 0.5) is 11.4 Å². The van der Waals surface area contributed by atoms with Crippen molar-refractivity contribution in [2.24, 2.45) is 5.41 Å². The molecule has 1 aliphatic heterocycles. The van der Waals surface area contributed by atoms with Crippen LogP contribution in [-0.4, -0.2) is 33.9 Å². The van der Waals surface area contributed by atoms with Gasteiger partial charge in [0.2, 0.25) is 0 Å². The van der Waals surface area contributed by atoms with E-state index >= 15 is 0 Å². The number of hydrogen-bond donors (Lipinski definition) is 2. The molecule has 6 rings (SSSR count). The molecule has 39 heavy (non-hydrogen) atoms. The molecule has 202 valence electrons. The molecule has 4 aromatic rings. The fourth-order valence-electron chi connectivity index (χ4n) is 5.54. The Morgan fingerprint density at radius 3 is 2.74 bits per heavy atom. The van der Waals surface area contributed by atoms with Crippen molar-refractivity contribution in [2.45, 2.75) is 46.5 Å². The van der Waals surface area contributed by atoms with E-state index in [1.165, 1.54) is 17.5 Å². The van der Waals surface area contributed by atoms with Gasteiger partial charge in [-0.3, -0.25) is 0 Å². The van der Waals surface area contributed by atoms with Gasteiger partial charge >= 0.3 is 0 Å². The number of allylic oxidation sites excluding steroid dienone is 1. The standard InChI is InChI=1S/C32H37N5OS/c1-4-22-5-7-23(8-6-22)28-19-32(2,3)13-11-25(28)21-36-15-16-37(39-36)26-9-10-29(33)30(18-26)38-27-17-24-12-14-34-31(24)35-20-27/h5-10,12,14,17-18,20H,4,11,13,15-16,19,21,33H2,1-3H3,(H,34,35). The second-order valence-electron chi connectivity index (χ2n) is 11.4. The molecule has 0 bridgehead atoms. The van der Waals surface area contributed by atoms with E-state index in [0.717, 1.165) is 55.6 Å². The van der Waals surface area contributed by atoms with Crippen LogP contribution in [0.15, 0.2) is 72.6 Å². The lowest BCUT2D eigenvalue weighted by Crippen LogP contribution is -2.24. The van der Waals surface area contributed by atoms with Crippen molar-refractivity contribution in [1.29, 1.82) is 0 Å². The number of aromatic nitrogens is 2. The molecule has 1 fully saturated rings. The molecule has 3 N–H and O–H groups in total. The Kier molecular flexibility index (Phi) is 7.04. The van der Waals surface area contributed by atoms with Gasteiger partial charge in [0.1, 0.15) is 11.4 Å². The third kappa shape index (κ3) is 5.65.